The molecule has 0 aromatic rings. The Labute approximate surface area is 156 Å². The van der Waals surface area contributed by atoms with Crippen molar-refractivity contribution in [3.63, 3.8) is 0 Å². The molecule has 0 aliphatic carbocycles. The maximum absolute atomic E-state index is 9.68. The van der Waals surface area contributed by atoms with Gasteiger partial charge in [-0.1, -0.05) is 0 Å². The summed E-state index contributed by atoms with van der Waals surface area (Å²) in [6, 6.07) is 5.06. The monoisotopic (exact) mass is 370 g/mol. The third-order valence-corrected chi connectivity index (χ3v) is 5.07. The zero-order valence-electron chi connectivity index (χ0n) is 17.4. The summed E-state index contributed by atoms with van der Waals surface area (Å²) in [5.74, 6) is 0. The molecule has 7 heteroatoms. The van der Waals surface area contributed by atoms with Gasteiger partial charge in [-0.05, 0) is 69.2 Å². The van der Waals surface area contributed by atoms with Crippen LogP contribution in [0.25, 0.3) is 0 Å². The summed E-state index contributed by atoms with van der Waals surface area (Å²) in [6.07, 6.45) is 0. The van der Waals surface area contributed by atoms with Crippen molar-refractivity contribution in [2.75, 3.05) is 0 Å². The predicted molar refractivity (Wildman–Crippen MR) is 103 cm³/mol. The summed E-state index contributed by atoms with van der Waals surface area (Å²) in [6.45, 7) is 19.7. The van der Waals surface area contributed by atoms with Crippen LogP contribution in [0.2, 0.25) is 0 Å². The lowest BCUT2D eigenvalue weighted by molar-refractivity contribution is -0.0883. The van der Waals surface area contributed by atoms with Gasteiger partial charge >= 0.3 is 0 Å². The molecule has 0 aliphatic rings. The molecule has 0 saturated heterocycles. The molecular weight excluding hydrogens is 335 g/mol. The summed E-state index contributed by atoms with van der Waals surface area (Å²) < 4.78 is 11.7. The van der Waals surface area contributed by atoms with E-state index in [1.807, 2.05) is 65.2 Å². The second-order valence-electron chi connectivity index (χ2n) is 7.67. The number of hydrogen-bond donors (Lipinski definition) is 0. The maximum atomic E-state index is 9.68. The van der Waals surface area contributed by atoms with Crippen LogP contribution < -0.4 is 0 Å². The van der Waals surface area contributed by atoms with Gasteiger partial charge in [0.15, 0.2) is 9.03 Å². The second-order valence-corrected chi connectivity index (χ2v) is 8.24. The van der Waals surface area contributed by atoms with E-state index < -0.39 is 20.5 Å². The van der Waals surface area contributed by atoms with Gasteiger partial charge in [0.25, 0.3) is 0 Å². The number of nitriles is 2. The van der Waals surface area contributed by atoms with Crippen LogP contribution >= 0.6 is 9.03 Å². The van der Waals surface area contributed by atoms with Crippen LogP contribution in [0.4, 0.5) is 0 Å². The molecular formula is C18H35N4O2P. The Morgan fingerprint density at radius 1 is 0.680 bits per heavy atom. The van der Waals surface area contributed by atoms with E-state index in [-0.39, 0.29) is 24.2 Å². The summed E-state index contributed by atoms with van der Waals surface area (Å²) in [4.78, 5) is 3.99. The Morgan fingerprint density at radius 3 is 1.08 bits per heavy atom. The van der Waals surface area contributed by atoms with Crippen LogP contribution in [-0.4, -0.2) is 45.4 Å². The van der Waals surface area contributed by atoms with Crippen LogP contribution in [0.15, 0.2) is 0 Å². The van der Waals surface area contributed by atoms with Gasteiger partial charge in [0.2, 0.25) is 11.4 Å². The molecule has 25 heavy (non-hydrogen) atoms. The van der Waals surface area contributed by atoms with Gasteiger partial charge in [-0.15, -0.1) is 0 Å². The van der Waals surface area contributed by atoms with Crippen LogP contribution in [0.5, 0.6) is 0 Å². The van der Waals surface area contributed by atoms with Gasteiger partial charge in [-0.25, -0.2) is 0 Å². The first kappa shape index (κ1) is 24.2. The molecule has 0 aromatic heterocycles. The average molecular weight is 370 g/mol. The molecule has 0 bridgehead atoms. The van der Waals surface area contributed by atoms with E-state index in [1.165, 1.54) is 0 Å². The molecule has 0 N–H and O–H groups in total. The van der Waals surface area contributed by atoms with E-state index in [9.17, 15) is 10.5 Å². The van der Waals surface area contributed by atoms with Gasteiger partial charge in [0.05, 0.1) is 0 Å². The minimum absolute atomic E-state index is 0.139. The fraction of sp³-hybridized carbons (Fsp3) is 0.889. The molecule has 144 valence electrons. The summed E-state index contributed by atoms with van der Waals surface area (Å²) in [5.41, 5.74) is -2.23. The Hall–Kier alpha value is -0.750. The third-order valence-electron chi connectivity index (χ3n) is 4.11. The fourth-order valence-electron chi connectivity index (χ4n) is 3.61. The smallest absolute Gasteiger partial charge is 0.213 e. The molecule has 0 spiro atoms. The number of nitrogens with zero attached hydrogens (tertiary/aromatic N) is 4. The number of hydrogen-bond acceptors (Lipinski definition) is 6. The normalized spacial score (nSPS) is 17.7. The van der Waals surface area contributed by atoms with Crippen LogP contribution in [0.3, 0.4) is 0 Å². The number of rotatable bonds is 10. The van der Waals surface area contributed by atoms with Gasteiger partial charge in [0, 0.05) is 24.2 Å². The van der Waals surface area contributed by atoms with E-state index in [2.05, 4.69) is 12.1 Å². The van der Waals surface area contributed by atoms with Crippen LogP contribution in [0, 0.1) is 22.7 Å². The second kappa shape index (κ2) is 9.81. The highest BCUT2D eigenvalue weighted by Gasteiger charge is 2.40. The first-order chi connectivity index (χ1) is 11.4. The molecule has 0 amide bonds. The van der Waals surface area contributed by atoms with Crippen molar-refractivity contribution in [1.29, 1.82) is 10.5 Å². The first-order valence-corrected chi connectivity index (χ1v) is 9.68. The van der Waals surface area contributed by atoms with Gasteiger partial charge < -0.3 is 9.05 Å². The van der Waals surface area contributed by atoms with E-state index in [0.717, 1.165) is 0 Å². The van der Waals surface area contributed by atoms with Crippen LogP contribution in [0.1, 0.15) is 69.2 Å². The minimum Gasteiger partial charge on any atom is -0.300 e. The summed E-state index contributed by atoms with van der Waals surface area (Å²) in [7, 11) is -0.423. The Balaban J connectivity index is 5.28. The topological polar surface area (TPSA) is 72.5 Å². The van der Waals surface area contributed by atoms with E-state index in [0.29, 0.717) is 0 Å². The maximum Gasteiger partial charge on any atom is 0.213 e. The zero-order valence-corrected chi connectivity index (χ0v) is 18.4. The van der Waals surface area contributed by atoms with E-state index >= 15 is 0 Å². The van der Waals surface area contributed by atoms with Gasteiger partial charge in [0.1, 0.15) is 12.1 Å². The van der Waals surface area contributed by atoms with Crippen molar-refractivity contribution in [2.45, 2.75) is 105 Å². The largest absolute Gasteiger partial charge is 0.300 e. The fourth-order valence-corrected chi connectivity index (χ4v) is 4.28. The van der Waals surface area contributed by atoms with Crippen molar-refractivity contribution < 1.29 is 9.05 Å². The van der Waals surface area contributed by atoms with Gasteiger partial charge in [-0.2, -0.15) is 10.5 Å². The van der Waals surface area contributed by atoms with Crippen molar-refractivity contribution in [3.8, 4) is 12.1 Å². The quantitative estimate of drug-likeness (QED) is 0.423. The van der Waals surface area contributed by atoms with Crippen molar-refractivity contribution in [2.24, 2.45) is 0 Å². The highest BCUT2D eigenvalue weighted by molar-refractivity contribution is 7.26. The molecule has 0 rings (SSSR count). The highest BCUT2D eigenvalue weighted by atomic mass is 31.1. The summed E-state index contributed by atoms with van der Waals surface area (Å²) >= 11 is 0. The molecule has 0 saturated carbocycles. The van der Waals surface area contributed by atoms with Crippen molar-refractivity contribution >= 4 is 9.03 Å². The predicted octanol–water partition coefficient (Wildman–Crippen LogP) is 4.25. The van der Waals surface area contributed by atoms with Crippen LogP contribution in [-0.2, 0) is 9.05 Å². The Morgan fingerprint density at radius 2 is 0.920 bits per heavy atom. The highest BCUT2D eigenvalue weighted by Crippen LogP contribution is 2.36. The van der Waals surface area contributed by atoms with Crippen molar-refractivity contribution in [3.05, 3.63) is 0 Å². The lowest BCUT2D eigenvalue weighted by Gasteiger charge is -2.43. The Kier molecular flexibility index (Phi) is 9.52. The lowest BCUT2D eigenvalue weighted by atomic mass is 10.1. The molecule has 0 heterocycles. The standard InChI is InChI=1S/C18H35N4O2P/c1-13(2)21(14(3)4)17(9,11-19)23-25-24-18(10,12-20)22(15(5)6)16(7)8/h13-16,25H,1-10H3. The van der Waals surface area contributed by atoms with E-state index in [1.54, 1.807) is 13.8 Å². The van der Waals surface area contributed by atoms with Crippen molar-refractivity contribution in [1.82, 2.24) is 9.80 Å². The molecule has 6 nitrogen and oxygen atoms in total. The molecule has 0 fully saturated rings. The molecule has 0 aromatic carbocycles. The molecule has 0 aliphatic heterocycles. The molecule has 2 unspecified atom stereocenters. The molecule has 2 atom stereocenters. The molecule has 0 radical (unpaired) electrons. The minimum atomic E-state index is -1.11. The first-order valence-electron chi connectivity index (χ1n) is 8.86. The zero-order chi connectivity index (χ0) is 20.0. The van der Waals surface area contributed by atoms with Gasteiger partial charge in [-0.3, -0.25) is 9.80 Å². The van der Waals surface area contributed by atoms with E-state index in [4.69, 9.17) is 9.05 Å². The lowest BCUT2D eigenvalue weighted by Crippen LogP contribution is -2.54. The average Bonchev–Trinajstić information content (AvgIpc) is 2.45. The summed E-state index contributed by atoms with van der Waals surface area (Å²) in [5, 5.41) is 19.4. The SMILES string of the molecule is CC(C)N(C(C)C)C(C)(C#N)OPOC(C)(C#N)N(C(C)C)C(C)C. The Bertz CT molecular complexity index is 438. The third kappa shape index (κ3) is 6.17.